The van der Waals surface area contributed by atoms with Crippen molar-refractivity contribution in [2.24, 2.45) is 0 Å². The zero-order chi connectivity index (χ0) is 15.0. The van der Waals surface area contributed by atoms with Gasteiger partial charge in [-0.05, 0) is 48.2 Å². The molecule has 2 aromatic carbocycles. The molecule has 0 radical (unpaired) electrons. The molecule has 1 unspecified atom stereocenters. The van der Waals surface area contributed by atoms with Crippen molar-refractivity contribution in [2.45, 2.75) is 18.9 Å². The van der Waals surface area contributed by atoms with E-state index in [0.29, 0.717) is 5.02 Å². The van der Waals surface area contributed by atoms with Gasteiger partial charge in [-0.2, -0.15) is 0 Å². The number of nitrogens with zero attached hydrogens (tertiary/aromatic N) is 1. The van der Waals surface area contributed by atoms with E-state index in [0.717, 1.165) is 35.3 Å². The Morgan fingerprint density at radius 2 is 2.05 bits per heavy atom. The van der Waals surface area contributed by atoms with Crippen molar-refractivity contribution < 1.29 is 4.39 Å². The summed E-state index contributed by atoms with van der Waals surface area (Å²) < 4.78 is 13.8. The lowest BCUT2D eigenvalue weighted by atomic mass is 10.1. The number of benzene rings is 2. The maximum atomic E-state index is 13.8. The fourth-order valence-electron chi connectivity index (χ4n) is 2.96. The molecule has 0 saturated heterocycles. The first kappa shape index (κ1) is 14.2. The summed E-state index contributed by atoms with van der Waals surface area (Å²) in [4.78, 5) is 2.04. The van der Waals surface area contributed by atoms with E-state index in [-0.39, 0.29) is 11.9 Å². The van der Waals surface area contributed by atoms with E-state index in [2.05, 4.69) is 5.32 Å². The van der Waals surface area contributed by atoms with Crippen LogP contribution < -0.4 is 10.2 Å². The quantitative estimate of drug-likeness (QED) is 0.888. The Morgan fingerprint density at radius 3 is 2.81 bits per heavy atom. The SMILES string of the molecule is CN(C)c1ccc(Cl)cc1NC1CCc2c(F)cccc21. The number of rotatable bonds is 3. The molecule has 0 bridgehead atoms. The highest BCUT2D eigenvalue weighted by atomic mass is 35.5. The number of anilines is 2. The molecule has 1 N–H and O–H groups in total. The van der Waals surface area contributed by atoms with Gasteiger partial charge in [0.15, 0.2) is 0 Å². The Bertz CT molecular complexity index is 670. The summed E-state index contributed by atoms with van der Waals surface area (Å²) in [5.74, 6) is -0.101. The van der Waals surface area contributed by atoms with Gasteiger partial charge in [-0.3, -0.25) is 0 Å². The van der Waals surface area contributed by atoms with Crippen molar-refractivity contribution in [3.63, 3.8) is 0 Å². The Balaban J connectivity index is 1.93. The lowest BCUT2D eigenvalue weighted by Crippen LogP contribution is -2.14. The second-order valence-electron chi connectivity index (χ2n) is 5.60. The normalized spacial score (nSPS) is 16.7. The predicted molar refractivity (Wildman–Crippen MR) is 86.9 cm³/mol. The predicted octanol–water partition coefficient (Wildman–Crippen LogP) is 4.64. The van der Waals surface area contributed by atoms with Gasteiger partial charge in [-0.25, -0.2) is 4.39 Å². The molecule has 2 aromatic rings. The Morgan fingerprint density at radius 1 is 1.24 bits per heavy atom. The smallest absolute Gasteiger partial charge is 0.126 e. The molecular formula is C17H18ClFN2. The average molecular weight is 305 g/mol. The first-order chi connectivity index (χ1) is 10.1. The molecule has 0 fully saturated rings. The summed E-state index contributed by atoms with van der Waals surface area (Å²) in [6.45, 7) is 0. The molecule has 1 atom stereocenters. The highest BCUT2D eigenvalue weighted by Crippen LogP contribution is 2.38. The third kappa shape index (κ3) is 2.70. The van der Waals surface area contributed by atoms with Crippen LogP contribution in [0.4, 0.5) is 15.8 Å². The van der Waals surface area contributed by atoms with Crippen LogP contribution in [0.15, 0.2) is 36.4 Å². The minimum Gasteiger partial charge on any atom is -0.376 e. The molecule has 0 amide bonds. The highest BCUT2D eigenvalue weighted by Gasteiger charge is 2.25. The Kier molecular flexibility index (Phi) is 3.77. The van der Waals surface area contributed by atoms with Crippen LogP contribution in [0.25, 0.3) is 0 Å². The Labute approximate surface area is 129 Å². The van der Waals surface area contributed by atoms with Gasteiger partial charge in [0, 0.05) is 19.1 Å². The number of hydrogen-bond donors (Lipinski definition) is 1. The first-order valence-electron chi connectivity index (χ1n) is 7.07. The minimum absolute atomic E-state index is 0.101. The zero-order valence-electron chi connectivity index (χ0n) is 12.2. The van der Waals surface area contributed by atoms with E-state index >= 15 is 0 Å². The van der Waals surface area contributed by atoms with E-state index in [1.807, 2.05) is 43.3 Å². The number of fused-ring (bicyclic) bond motifs is 1. The molecule has 0 saturated carbocycles. The van der Waals surface area contributed by atoms with Crippen LogP contribution >= 0.6 is 11.6 Å². The van der Waals surface area contributed by atoms with Crippen molar-refractivity contribution in [3.8, 4) is 0 Å². The summed E-state index contributed by atoms with van der Waals surface area (Å²) in [7, 11) is 3.99. The lowest BCUT2D eigenvalue weighted by Gasteiger charge is -2.22. The summed E-state index contributed by atoms with van der Waals surface area (Å²) in [5, 5.41) is 4.22. The van der Waals surface area contributed by atoms with Crippen LogP contribution in [0.3, 0.4) is 0 Å². The molecule has 0 aliphatic heterocycles. The van der Waals surface area contributed by atoms with E-state index in [4.69, 9.17) is 11.6 Å². The largest absolute Gasteiger partial charge is 0.376 e. The van der Waals surface area contributed by atoms with E-state index in [1.165, 1.54) is 6.07 Å². The molecule has 1 aliphatic carbocycles. The molecule has 3 rings (SSSR count). The molecule has 0 spiro atoms. The molecule has 110 valence electrons. The summed E-state index contributed by atoms with van der Waals surface area (Å²) in [5.41, 5.74) is 3.95. The van der Waals surface area contributed by atoms with Crippen molar-refractivity contribution in [1.82, 2.24) is 0 Å². The van der Waals surface area contributed by atoms with Crippen LogP contribution in [0, 0.1) is 5.82 Å². The summed E-state index contributed by atoms with van der Waals surface area (Å²) >= 11 is 6.11. The van der Waals surface area contributed by atoms with Gasteiger partial charge < -0.3 is 10.2 Å². The molecular weight excluding hydrogens is 287 g/mol. The standard InChI is InChI=1S/C17H18ClFN2/c1-21(2)17-9-6-11(18)10-16(17)20-15-8-7-12-13(15)4-3-5-14(12)19/h3-6,9-10,15,20H,7-8H2,1-2H3. The van der Waals surface area contributed by atoms with Gasteiger partial charge in [0.05, 0.1) is 17.4 Å². The second kappa shape index (κ2) is 5.57. The average Bonchev–Trinajstić information content (AvgIpc) is 2.83. The van der Waals surface area contributed by atoms with Gasteiger partial charge in [-0.1, -0.05) is 23.7 Å². The molecule has 2 nitrogen and oxygen atoms in total. The third-order valence-corrected chi connectivity index (χ3v) is 4.22. The van der Waals surface area contributed by atoms with E-state index < -0.39 is 0 Å². The van der Waals surface area contributed by atoms with Crippen LogP contribution in [0.2, 0.25) is 5.02 Å². The Hall–Kier alpha value is -1.74. The zero-order valence-corrected chi connectivity index (χ0v) is 12.9. The molecule has 0 heterocycles. The third-order valence-electron chi connectivity index (χ3n) is 3.98. The molecule has 0 aromatic heterocycles. The lowest BCUT2D eigenvalue weighted by molar-refractivity contribution is 0.612. The van der Waals surface area contributed by atoms with Gasteiger partial charge in [0.25, 0.3) is 0 Å². The summed E-state index contributed by atoms with van der Waals surface area (Å²) in [6.07, 6.45) is 1.67. The fraction of sp³-hybridized carbons (Fsp3) is 0.294. The molecule has 1 aliphatic rings. The summed E-state index contributed by atoms with van der Waals surface area (Å²) in [6, 6.07) is 11.2. The van der Waals surface area contributed by atoms with Gasteiger partial charge in [0.1, 0.15) is 5.82 Å². The number of hydrogen-bond acceptors (Lipinski definition) is 2. The van der Waals surface area contributed by atoms with Crippen LogP contribution in [-0.2, 0) is 6.42 Å². The van der Waals surface area contributed by atoms with Crippen molar-refractivity contribution in [3.05, 3.63) is 58.4 Å². The van der Waals surface area contributed by atoms with Crippen LogP contribution in [-0.4, -0.2) is 14.1 Å². The maximum absolute atomic E-state index is 13.8. The minimum atomic E-state index is -0.101. The first-order valence-corrected chi connectivity index (χ1v) is 7.45. The van der Waals surface area contributed by atoms with E-state index in [1.54, 1.807) is 6.07 Å². The van der Waals surface area contributed by atoms with Crippen LogP contribution in [0.1, 0.15) is 23.6 Å². The highest BCUT2D eigenvalue weighted by molar-refractivity contribution is 6.31. The van der Waals surface area contributed by atoms with Crippen LogP contribution in [0.5, 0.6) is 0 Å². The monoisotopic (exact) mass is 304 g/mol. The number of nitrogens with one attached hydrogen (secondary N) is 1. The fourth-order valence-corrected chi connectivity index (χ4v) is 3.13. The van der Waals surface area contributed by atoms with Crippen molar-refractivity contribution >= 4 is 23.0 Å². The van der Waals surface area contributed by atoms with E-state index in [9.17, 15) is 4.39 Å². The van der Waals surface area contributed by atoms with Crippen molar-refractivity contribution in [2.75, 3.05) is 24.3 Å². The van der Waals surface area contributed by atoms with Gasteiger partial charge >= 0.3 is 0 Å². The maximum Gasteiger partial charge on any atom is 0.126 e. The van der Waals surface area contributed by atoms with Crippen molar-refractivity contribution in [1.29, 1.82) is 0 Å². The molecule has 21 heavy (non-hydrogen) atoms. The van der Waals surface area contributed by atoms with Gasteiger partial charge in [-0.15, -0.1) is 0 Å². The topological polar surface area (TPSA) is 15.3 Å². The second-order valence-corrected chi connectivity index (χ2v) is 6.04. The number of halogens is 2. The molecule has 4 heteroatoms. The van der Waals surface area contributed by atoms with Gasteiger partial charge in [0.2, 0.25) is 0 Å².